The third-order valence-corrected chi connectivity index (χ3v) is 2.25. The number of methoxy groups -OCH3 is 1. The molecule has 0 aliphatic carbocycles. The van der Waals surface area contributed by atoms with E-state index >= 15 is 0 Å². The van der Waals surface area contributed by atoms with E-state index in [1.54, 1.807) is 0 Å². The first-order valence-electron chi connectivity index (χ1n) is 5.06. The van der Waals surface area contributed by atoms with Gasteiger partial charge in [-0.2, -0.15) is 13.2 Å². The number of ether oxygens (including phenoxy) is 1. The van der Waals surface area contributed by atoms with Crippen LogP contribution < -0.4 is 10.1 Å². The number of anilines is 1. The van der Waals surface area contributed by atoms with Crippen LogP contribution in [0.5, 0.6) is 5.75 Å². The van der Waals surface area contributed by atoms with E-state index in [4.69, 9.17) is 9.84 Å². The molecule has 0 aliphatic heterocycles. The van der Waals surface area contributed by atoms with Crippen molar-refractivity contribution in [1.29, 1.82) is 0 Å². The maximum absolute atomic E-state index is 12.1. The maximum atomic E-state index is 12.1. The lowest BCUT2D eigenvalue weighted by molar-refractivity contribution is -0.385. The van der Waals surface area contributed by atoms with Gasteiger partial charge in [0, 0.05) is 24.4 Å². The minimum absolute atomic E-state index is 0.0866. The van der Waals surface area contributed by atoms with Crippen LogP contribution in [0.15, 0.2) is 18.2 Å². The Hall–Kier alpha value is -2.03. The normalized spacial score (nSPS) is 12.9. The van der Waals surface area contributed by atoms with Gasteiger partial charge in [-0.25, -0.2) is 0 Å². The molecule has 0 saturated heterocycles. The number of aliphatic hydroxyl groups is 1. The Labute approximate surface area is 105 Å². The fourth-order valence-electron chi connectivity index (χ4n) is 1.27. The molecule has 0 fully saturated rings. The highest BCUT2D eigenvalue weighted by molar-refractivity contribution is 5.58. The van der Waals surface area contributed by atoms with E-state index < -0.39 is 23.7 Å². The molecule has 0 spiro atoms. The summed E-state index contributed by atoms with van der Waals surface area (Å²) in [6.07, 6.45) is -7.24. The molecule has 0 radical (unpaired) electrons. The molecule has 1 rings (SSSR count). The first kappa shape index (κ1) is 15.0. The Morgan fingerprint density at radius 1 is 1.53 bits per heavy atom. The van der Waals surface area contributed by atoms with Crippen LogP contribution in [0.3, 0.4) is 0 Å². The van der Waals surface area contributed by atoms with Crippen molar-refractivity contribution < 1.29 is 27.9 Å². The van der Waals surface area contributed by atoms with Crippen molar-refractivity contribution in [1.82, 2.24) is 0 Å². The van der Waals surface area contributed by atoms with Gasteiger partial charge >= 0.3 is 11.9 Å². The first-order valence-corrected chi connectivity index (χ1v) is 5.06. The standard InChI is InChI=1S/C10H11F3N2O4/c1-19-8-4-6(2-3-7(8)15(17)18)14-5-9(16)10(11,12)13/h2-4,9,14,16H,5H2,1H3. The summed E-state index contributed by atoms with van der Waals surface area (Å²) >= 11 is 0. The number of hydrogen-bond donors (Lipinski definition) is 2. The lowest BCUT2D eigenvalue weighted by Crippen LogP contribution is -2.34. The van der Waals surface area contributed by atoms with Crippen molar-refractivity contribution in [3.8, 4) is 5.75 Å². The lowest BCUT2D eigenvalue weighted by atomic mass is 10.2. The van der Waals surface area contributed by atoms with Crippen molar-refractivity contribution in [3.05, 3.63) is 28.3 Å². The molecular formula is C10H11F3N2O4. The van der Waals surface area contributed by atoms with Gasteiger partial charge in [0.15, 0.2) is 11.9 Å². The molecule has 106 valence electrons. The van der Waals surface area contributed by atoms with Crippen molar-refractivity contribution >= 4 is 11.4 Å². The summed E-state index contributed by atoms with van der Waals surface area (Å²) in [4.78, 5) is 9.93. The predicted molar refractivity (Wildman–Crippen MR) is 60.2 cm³/mol. The van der Waals surface area contributed by atoms with Crippen LogP contribution in [0.25, 0.3) is 0 Å². The van der Waals surface area contributed by atoms with Gasteiger partial charge in [-0.3, -0.25) is 10.1 Å². The number of halogens is 3. The Bertz CT molecular complexity index is 465. The van der Waals surface area contributed by atoms with Gasteiger partial charge in [0.25, 0.3) is 0 Å². The van der Waals surface area contributed by atoms with E-state index in [0.29, 0.717) is 0 Å². The molecule has 0 amide bonds. The number of nitro groups is 1. The van der Waals surface area contributed by atoms with Crippen LogP contribution in [-0.4, -0.2) is 36.0 Å². The summed E-state index contributed by atoms with van der Waals surface area (Å²) in [6.45, 7) is -0.759. The predicted octanol–water partition coefficient (Wildman–Crippen LogP) is 1.94. The van der Waals surface area contributed by atoms with E-state index in [2.05, 4.69) is 5.32 Å². The lowest BCUT2D eigenvalue weighted by Gasteiger charge is -2.16. The van der Waals surface area contributed by atoms with Crippen LogP contribution >= 0.6 is 0 Å². The van der Waals surface area contributed by atoms with Crippen LogP contribution in [0.4, 0.5) is 24.5 Å². The Morgan fingerprint density at radius 3 is 2.63 bits per heavy atom. The molecule has 6 nitrogen and oxygen atoms in total. The number of rotatable bonds is 5. The maximum Gasteiger partial charge on any atom is 0.416 e. The Kier molecular flexibility index (Phi) is 4.54. The van der Waals surface area contributed by atoms with Crippen molar-refractivity contribution in [2.24, 2.45) is 0 Å². The second kappa shape index (κ2) is 5.74. The zero-order valence-electron chi connectivity index (χ0n) is 9.77. The molecular weight excluding hydrogens is 269 g/mol. The Balaban J connectivity index is 2.78. The summed E-state index contributed by atoms with van der Waals surface area (Å²) in [5, 5.41) is 21.7. The molecule has 0 aromatic heterocycles. The highest BCUT2D eigenvalue weighted by Gasteiger charge is 2.37. The average molecular weight is 280 g/mol. The Morgan fingerprint density at radius 2 is 2.16 bits per heavy atom. The van der Waals surface area contributed by atoms with Gasteiger partial charge in [0.2, 0.25) is 0 Å². The highest BCUT2D eigenvalue weighted by atomic mass is 19.4. The van der Waals surface area contributed by atoms with E-state index in [9.17, 15) is 23.3 Å². The van der Waals surface area contributed by atoms with E-state index in [1.165, 1.54) is 19.2 Å². The van der Waals surface area contributed by atoms with Crippen molar-refractivity contribution in [2.45, 2.75) is 12.3 Å². The molecule has 9 heteroatoms. The molecule has 0 saturated carbocycles. The second-order valence-electron chi connectivity index (χ2n) is 3.58. The molecule has 0 aliphatic rings. The molecule has 1 atom stereocenters. The largest absolute Gasteiger partial charge is 0.490 e. The van der Waals surface area contributed by atoms with Gasteiger partial charge in [-0.05, 0) is 6.07 Å². The topological polar surface area (TPSA) is 84.6 Å². The van der Waals surface area contributed by atoms with Crippen molar-refractivity contribution in [3.63, 3.8) is 0 Å². The molecule has 1 unspecified atom stereocenters. The van der Waals surface area contributed by atoms with Gasteiger partial charge in [-0.15, -0.1) is 0 Å². The monoisotopic (exact) mass is 280 g/mol. The summed E-state index contributed by atoms with van der Waals surface area (Å²) in [7, 11) is 1.21. The molecule has 19 heavy (non-hydrogen) atoms. The van der Waals surface area contributed by atoms with Crippen LogP contribution in [0, 0.1) is 10.1 Å². The molecule has 1 aromatic carbocycles. The van der Waals surface area contributed by atoms with Gasteiger partial charge in [-0.1, -0.05) is 0 Å². The summed E-state index contributed by atoms with van der Waals surface area (Å²) < 4.78 is 40.9. The van der Waals surface area contributed by atoms with E-state index in [1.807, 2.05) is 0 Å². The van der Waals surface area contributed by atoms with E-state index in [-0.39, 0.29) is 17.1 Å². The van der Waals surface area contributed by atoms with E-state index in [0.717, 1.165) is 6.07 Å². The molecule has 2 N–H and O–H groups in total. The number of hydrogen-bond acceptors (Lipinski definition) is 5. The summed E-state index contributed by atoms with van der Waals surface area (Å²) in [6, 6.07) is 3.51. The number of aliphatic hydroxyl groups excluding tert-OH is 1. The molecule has 0 heterocycles. The number of nitrogens with zero attached hydrogens (tertiary/aromatic N) is 1. The van der Waals surface area contributed by atoms with Crippen LogP contribution in [-0.2, 0) is 0 Å². The average Bonchev–Trinajstić information content (AvgIpc) is 2.33. The number of alkyl halides is 3. The SMILES string of the molecule is COc1cc(NCC(O)C(F)(F)F)ccc1[N+](=O)[O-]. The number of nitro benzene ring substituents is 1. The summed E-state index contributed by atoms with van der Waals surface area (Å²) in [5.74, 6) is -0.0866. The van der Waals surface area contributed by atoms with Crippen molar-refractivity contribution in [2.75, 3.05) is 19.0 Å². The third kappa shape index (κ3) is 3.98. The quantitative estimate of drug-likeness (QED) is 0.636. The fourth-order valence-corrected chi connectivity index (χ4v) is 1.27. The second-order valence-corrected chi connectivity index (χ2v) is 3.58. The van der Waals surface area contributed by atoms with Crippen LogP contribution in [0.2, 0.25) is 0 Å². The van der Waals surface area contributed by atoms with Gasteiger partial charge < -0.3 is 15.2 Å². The molecule has 0 bridgehead atoms. The van der Waals surface area contributed by atoms with Gasteiger partial charge in [0.1, 0.15) is 0 Å². The third-order valence-electron chi connectivity index (χ3n) is 2.25. The fraction of sp³-hybridized carbons (Fsp3) is 0.400. The van der Waals surface area contributed by atoms with Crippen LogP contribution in [0.1, 0.15) is 0 Å². The molecule has 1 aromatic rings. The van der Waals surface area contributed by atoms with Gasteiger partial charge in [0.05, 0.1) is 12.0 Å². The number of nitrogens with one attached hydrogen (secondary N) is 1. The number of benzene rings is 1. The summed E-state index contributed by atoms with van der Waals surface area (Å²) in [5.41, 5.74) is -0.129. The highest BCUT2D eigenvalue weighted by Crippen LogP contribution is 2.30. The zero-order chi connectivity index (χ0) is 14.6. The first-order chi connectivity index (χ1) is 8.75. The zero-order valence-corrected chi connectivity index (χ0v) is 9.77. The minimum atomic E-state index is -4.72. The minimum Gasteiger partial charge on any atom is -0.490 e. The smallest absolute Gasteiger partial charge is 0.416 e.